The van der Waals surface area contributed by atoms with E-state index in [1.807, 2.05) is 0 Å². The Hall–Kier alpha value is -2.54. The van der Waals surface area contributed by atoms with Crippen LogP contribution in [-0.4, -0.2) is 35.0 Å². The maximum Gasteiger partial charge on any atom is 0.251 e. The summed E-state index contributed by atoms with van der Waals surface area (Å²) < 4.78 is 14.4. The van der Waals surface area contributed by atoms with Gasteiger partial charge in [0.05, 0.1) is 11.3 Å². The van der Waals surface area contributed by atoms with Crippen LogP contribution in [0.1, 0.15) is 23.2 Å². The van der Waals surface area contributed by atoms with E-state index in [4.69, 9.17) is 5.73 Å². The van der Waals surface area contributed by atoms with Gasteiger partial charge in [0, 0.05) is 24.3 Å². The summed E-state index contributed by atoms with van der Waals surface area (Å²) in [6, 6.07) is 6.36. The summed E-state index contributed by atoms with van der Waals surface area (Å²) in [7, 11) is 0. The Morgan fingerprint density at radius 3 is 3.00 bits per heavy atom. The number of anilines is 1. The fraction of sp³-hybridized carbons (Fsp3) is 0.312. The van der Waals surface area contributed by atoms with Gasteiger partial charge in [-0.1, -0.05) is 6.07 Å². The number of hydrogen-bond acceptors (Lipinski definition) is 5. The number of amides is 1. The van der Waals surface area contributed by atoms with E-state index in [1.165, 1.54) is 6.07 Å². The number of aromatic nitrogens is 2. The van der Waals surface area contributed by atoms with Gasteiger partial charge in [-0.15, -0.1) is 0 Å². The number of rotatable bonds is 4. The molecule has 1 aliphatic rings. The maximum absolute atomic E-state index is 14.4. The third-order valence-corrected chi connectivity index (χ3v) is 3.83. The summed E-state index contributed by atoms with van der Waals surface area (Å²) in [5.41, 5.74) is 5.68. The summed E-state index contributed by atoms with van der Waals surface area (Å²) >= 11 is 0. The highest BCUT2D eigenvalue weighted by atomic mass is 19.1. The number of primary amides is 1. The minimum Gasteiger partial charge on any atom is -0.366 e. The van der Waals surface area contributed by atoms with Crippen molar-refractivity contribution in [2.24, 2.45) is 5.73 Å². The Bertz CT molecular complexity index is 715. The van der Waals surface area contributed by atoms with E-state index in [9.17, 15) is 9.18 Å². The first kappa shape index (κ1) is 15.4. The van der Waals surface area contributed by atoms with Gasteiger partial charge in [0.2, 0.25) is 5.95 Å². The van der Waals surface area contributed by atoms with Crippen molar-refractivity contribution >= 4 is 11.9 Å². The summed E-state index contributed by atoms with van der Waals surface area (Å²) in [6.45, 7) is 1.86. The molecule has 1 fully saturated rings. The first-order valence-electron chi connectivity index (χ1n) is 7.54. The fourth-order valence-electron chi connectivity index (χ4n) is 2.66. The maximum atomic E-state index is 14.4. The molecule has 1 amide bonds. The van der Waals surface area contributed by atoms with Crippen molar-refractivity contribution in [1.29, 1.82) is 0 Å². The lowest BCUT2D eigenvalue weighted by molar-refractivity contribution is 0.0996. The Labute approximate surface area is 133 Å². The van der Waals surface area contributed by atoms with Crippen molar-refractivity contribution in [3.8, 4) is 11.3 Å². The van der Waals surface area contributed by atoms with Crippen LogP contribution in [0.15, 0.2) is 30.5 Å². The van der Waals surface area contributed by atoms with E-state index < -0.39 is 11.7 Å². The number of hydrogen-bond donors (Lipinski definition) is 3. The second-order valence-corrected chi connectivity index (χ2v) is 5.48. The summed E-state index contributed by atoms with van der Waals surface area (Å²) in [5, 5.41) is 6.55. The van der Waals surface area contributed by atoms with Gasteiger partial charge >= 0.3 is 0 Å². The molecule has 1 aliphatic heterocycles. The highest BCUT2D eigenvalue weighted by Crippen LogP contribution is 2.24. The molecule has 0 aliphatic carbocycles. The third-order valence-electron chi connectivity index (χ3n) is 3.83. The van der Waals surface area contributed by atoms with Gasteiger partial charge in [0.15, 0.2) is 0 Å². The molecule has 0 bridgehead atoms. The molecular formula is C16H18FN5O. The monoisotopic (exact) mass is 315 g/mol. The molecule has 7 heteroatoms. The molecule has 1 saturated heterocycles. The van der Waals surface area contributed by atoms with Crippen molar-refractivity contribution in [2.45, 2.75) is 18.9 Å². The quantitative estimate of drug-likeness (QED) is 0.796. The van der Waals surface area contributed by atoms with Gasteiger partial charge in [-0.3, -0.25) is 4.79 Å². The number of piperidine rings is 1. The van der Waals surface area contributed by atoms with Crippen molar-refractivity contribution in [3.05, 3.63) is 41.8 Å². The average Bonchev–Trinajstić information content (AvgIpc) is 2.56. The molecule has 2 aromatic rings. The van der Waals surface area contributed by atoms with Crippen molar-refractivity contribution in [3.63, 3.8) is 0 Å². The highest BCUT2D eigenvalue weighted by molar-refractivity contribution is 5.94. The first-order chi connectivity index (χ1) is 11.1. The molecule has 0 saturated carbocycles. The fourth-order valence-corrected chi connectivity index (χ4v) is 2.66. The molecule has 0 spiro atoms. The number of carbonyl (C=O) groups is 1. The van der Waals surface area contributed by atoms with E-state index >= 15 is 0 Å². The molecule has 6 nitrogen and oxygen atoms in total. The number of nitrogens with two attached hydrogens (primary N) is 1. The van der Waals surface area contributed by atoms with Gasteiger partial charge in [-0.05, 0) is 37.6 Å². The predicted molar refractivity (Wildman–Crippen MR) is 85.5 cm³/mol. The SMILES string of the molecule is NC(=O)c1cccc(-c2ccnc(NC3CCCNC3)n2)c1F. The van der Waals surface area contributed by atoms with Crippen LogP contribution in [0.25, 0.3) is 11.3 Å². The van der Waals surface area contributed by atoms with Crippen LogP contribution in [0.2, 0.25) is 0 Å². The normalized spacial score (nSPS) is 17.7. The Morgan fingerprint density at radius 2 is 2.26 bits per heavy atom. The Balaban J connectivity index is 1.87. The molecule has 1 aromatic heterocycles. The van der Waals surface area contributed by atoms with Crippen LogP contribution in [0.4, 0.5) is 10.3 Å². The lowest BCUT2D eigenvalue weighted by atomic mass is 10.1. The van der Waals surface area contributed by atoms with Gasteiger partial charge in [-0.2, -0.15) is 0 Å². The lowest BCUT2D eigenvalue weighted by Gasteiger charge is -2.23. The second kappa shape index (κ2) is 6.70. The molecule has 1 atom stereocenters. The topological polar surface area (TPSA) is 92.9 Å². The smallest absolute Gasteiger partial charge is 0.251 e. The first-order valence-corrected chi connectivity index (χ1v) is 7.54. The van der Waals surface area contributed by atoms with Crippen LogP contribution < -0.4 is 16.4 Å². The van der Waals surface area contributed by atoms with Crippen molar-refractivity contribution in [1.82, 2.24) is 15.3 Å². The second-order valence-electron chi connectivity index (χ2n) is 5.48. The van der Waals surface area contributed by atoms with Crippen molar-refractivity contribution in [2.75, 3.05) is 18.4 Å². The zero-order chi connectivity index (χ0) is 16.2. The molecule has 1 aromatic carbocycles. The minimum atomic E-state index is -0.801. The molecule has 2 heterocycles. The number of halogens is 1. The van der Waals surface area contributed by atoms with Crippen molar-refractivity contribution < 1.29 is 9.18 Å². The van der Waals surface area contributed by atoms with E-state index in [0.717, 1.165) is 25.9 Å². The standard InChI is InChI=1S/C16H18FN5O/c17-14-11(4-1-5-12(14)15(18)23)13-6-8-20-16(22-13)21-10-3-2-7-19-9-10/h1,4-6,8,10,19H,2-3,7,9H2,(H2,18,23)(H,20,21,22). The Morgan fingerprint density at radius 1 is 1.39 bits per heavy atom. The van der Waals surface area contributed by atoms with E-state index in [2.05, 4.69) is 20.6 Å². The molecule has 23 heavy (non-hydrogen) atoms. The van der Waals surface area contributed by atoms with E-state index in [1.54, 1.807) is 24.4 Å². The number of nitrogens with zero attached hydrogens (tertiary/aromatic N) is 2. The number of carbonyl (C=O) groups excluding carboxylic acids is 1. The number of benzene rings is 1. The van der Waals surface area contributed by atoms with Gasteiger partial charge in [-0.25, -0.2) is 14.4 Å². The zero-order valence-corrected chi connectivity index (χ0v) is 12.6. The van der Waals surface area contributed by atoms with Crippen LogP contribution >= 0.6 is 0 Å². The van der Waals surface area contributed by atoms with E-state index in [-0.39, 0.29) is 17.2 Å². The molecular weight excluding hydrogens is 297 g/mol. The number of nitrogens with one attached hydrogen (secondary N) is 2. The third kappa shape index (κ3) is 3.45. The molecule has 0 radical (unpaired) electrons. The summed E-state index contributed by atoms with van der Waals surface area (Å²) in [4.78, 5) is 19.8. The molecule has 4 N–H and O–H groups in total. The zero-order valence-electron chi connectivity index (χ0n) is 12.6. The van der Waals surface area contributed by atoms with Crippen LogP contribution in [0.5, 0.6) is 0 Å². The Kier molecular flexibility index (Phi) is 4.47. The van der Waals surface area contributed by atoms with Crippen LogP contribution in [-0.2, 0) is 0 Å². The molecule has 120 valence electrons. The highest BCUT2D eigenvalue weighted by Gasteiger charge is 2.17. The average molecular weight is 315 g/mol. The predicted octanol–water partition coefficient (Wildman–Crippen LogP) is 1.55. The minimum absolute atomic E-state index is 0.146. The van der Waals surface area contributed by atoms with Gasteiger partial charge < -0.3 is 16.4 Å². The molecule has 3 rings (SSSR count). The van der Waals surface area contributed by atoms with Crippen LogP contribution in [0.3, 0.4) is 0 Å². The van der Waals surface area contributed by atoms with Gasteiger partial charge in [0.25, 0.3) is 5.91 Å². The largest absolute Gasteiger partial charge is 0.366 e. The molecule has 1 unspecified atom stereocenters. The lowest BCUT2D eigenvalue weighted by Crippen LogP contribution is -2.38. The van der Waals surface area contributed by atoms with Crippen LogP contribution in [0, 0.1) is 5.82 Å². The van der Waals surface area contributed by atoms with E-state index in [0.29, 0.717) is 11.6 Å². The summed E-state index contributed by atoms with van der Waals surface area (Å²) in [5.74, 6) is -1.02. The summed E-state index contributed by atoms with van der Waals surface area (Å²) in [6.07, 6.45) is 3.69. The van der Waals surface area contributed by atoms with Gasteiger partial charge in [0.1, 0.15) is 5.82 Å².